The number of carbonyl (C=O) groups excluding carboxylic acids is 2. The van der Waals surface area contributed by atoms with Crippen molar-refractivity contribution in [3.05, 3.63) is 35.4 Å². The van der Waals surface area contributed by atoms with Gasteiger partial charge in [0, 0.05) is 26.2 Å². The van der Waals surface area contributed by atoms with Gasteiger partial charge in [0.15, 0.2) is 0 Å². The van der Waals surface area contributed by atoms with Gasteiger partial charge >= 0.3 is 0 Å². The summed E-state index contributed by atoms with van der Waals surface area (Å²) in [7, 11) is 0. The van der Waals surface area contributed by atoms with Gasteiger partial charge < -0.3 is 10.6 Å². The van der Waals surface area contributed by atoms with Gasteiger partial charge in [-0.25, -0.2) is 0 Å². The minimum absolute atomic E-state index is 0.0723. The summed E-state index contributed by atoms with van der Waals surface area (Å²) in [5.74, 6) is 0.228. The van der Waals surface area contributed by atoms with Gasteiger partial charge in [-0.2, -0.15) is 0 Å². The van der Waals surface area contributed by atoms with Crippen molar-refractivity contribution in [2.75, 3.05) is 26.2 Å². The molecule has 1 unspecified atom stereocenters. The van der Waals surface area contributed by atoms with Crippen LogP contribution in [0.2, 0.25) is 0 Å². The number of nitrogens with zero attached hydrogens (tertiary/aromatic N) is 1. The Bertz CT molecular complexity index is 586. The molecule has 2 rings (SSSR count). The lowest BCUT2D eigenvalue weighted by Crippen LogP contribution is -2.38. The molecule has 1 aliphatic rings. The molecule has 1 heterocycles. The molecule has 1 saturated heterocycles. The zero-order chi connectivity index (χ0) is 19.5. The molecular formula is C22H35N3O2. The van der Waals surface area contributed by atoms with Crippen LogP contribution in [0.3, 0.4) is 0 Å². The number of rotatable bonds is 4. The summed E-state index contributed by atoms with van der Waals surface area (Å²) in [5.41, 5.74) is 2.71. The van der Waals surface area contributed by atoms with Gasteiger partial charge in [-0.15, -0.1) is 0 Å². The van der Waals surface area contributed by atoms with E-state index in [4.69, 9.17) is 0 Å². The molecular weight excluding hydrogens is 338 g/mol. The van der Waals surface area contributed by atoms with Gasteiger partial charge in [-0.3, -0.25) is 14.5 Å². The second-order valence-corrected chi connectivity index (χ2v) is 7.62. The summed E-state index contributed by atoms with van der Waals surface area (Å²) in [5, 5.41) is 5.69. The van der Waals surface area contributed by atoms with Crippen molar-refractivity contribution in [2.24, 2.45) is 0 Å². The lowest BCUT2D eigenvalue weighted by Gasteiger charge is -2.23. The highest BCUT2D eigenvalue weighted by Crippen LogP contribution is 2.19. The first kappa shape index (κ1) is 21.4. The van der Waals surface area contributed by atoms with Crippen molar-refractivity contribution >= 4 is 11.8 Å². The maximum Gasteiger partial charge on any atom is 0.229 e. The predicted octanol–water partition coefficient (Wildman–Crippen LogP) is 3.20. The van der Waals surface area contributed by atoms with Crippen molar-refractivity contribution < 1.29 is 9.59 Å². The van der Waals surface area contributed by atoms with E-state index in [0.717, 1.165) is 45.3 Å². The molecule has 150 valence electrons. The van der Waals surface area contributed by atoms with Gasteiger partial charge in [-0.05, 0) is 42.9 Å². The van der Waals surface area contributed by atoms with Crippen LogP contribution in [0, 0.1) is 0 Å². The standard InChI is InChI=1S/C22H35N3O2/c1-3-18(2)20-10-8-19(9-11-20)17-25-14-7-5-4-6-12-23-21(26)16-22(27)24-13-15-25/h8-11,18H,3-7,12-17H2,1-2H3,(H,23,26)(H,24,27). The maximum absolute atomic E-state index is 11.9. The fourth-order valence-electron chi connectivity index (χ4n) is 3.38. The first-order valence-electron chi connectivity index (χ1n) is 10.4. The summed E-state index contributed by atoms with van der Waals surface area (Å²) in [4.78, 5) is 26.0. The SMILES string of the molecule is CCC(C)c1ccc(CN2CCCCCCNC(=O)CC(=O)NCC2)cc1. The molecule has 1 aliphatic heterocycles. The second kappa shape index (κ2) is 11.8. The second-order valence-electron chi connectivity index (χ2n) is 7.62. The van der Waals surface area contributed by atoms with Crippen molar-refractivity contribution in [2.45, 2.75) is 64.8 Å². The van der Waals surface area contributed by atoms with Crippen LogP contribution in [0.4, 0.5) is 0 Å². The van der Waals surface area contributed by atoms with E-state index in [1.165, 1.54) is 17.5 Å². The van der Waals surface area contributed by atoms with Crippen LogP contribution in [-0.2, 0) is 16.1 Å². The zero-order valence-corrected chi connectivity index (χ0v) is 16.9. The summed E-state index contributed by atoms with van der Waals surface area (Å²) >= 11 is 0. The molecule has 0 saturated carbocycles. The molecule has 0 aliphatic carbocycles. The third kappa shape index (κ3) is 8.12. The van der Waals surface area contributed by atoms with Crippen molar-refractivity contribution in [1.29, 1.82) is 0 Å². The van der Waals surface area contributed by atoms with Crippen molar-refractivity contribution in [3.63, 3.8) is 0 Å². The maximum atomic E-state index is 11.9. The lowest BCUT2D eigenvalue weighted by atomic mass is 9.97. The molecule has 1 aromatic rings. The van der Waals surface area contributed by atoms with Crippen LogP contribution in [0.15, 0.2) is 24.3 Å². The highest BCUT2D eigenvalue weighted by molar-refractivity contribution is 5.96. The lowest BCUT2D eigenvalue weighted by molar-refractivity contribution is -0.129. The van der Waals surface area contributed by atoms with E-state index in [9.17, 15) is 9.59 Å². The van der Waals surface area contributed by atoms with Crippen LogP contribution in [0.1, 0.15) is 69.4 Å². The van der Waals surface area contributed by atoms with Crippen LogP contribution < -0.4 is 10.6 Å². The molecule has 0 bridgehead atoms. The molecule has 5 nitrogen and oxygen atoms in total. The molecule has 0 radical (unpaired) electrons. The van der Waals surface area contributed by atoms with Gasteiger partial charge in [0.1, 0.15) is 6.42 Å². The molecule has 0 aromatic heterocycles. The fourth-order valence-corrected chi connectivity index (χ4v) is 3.38. The minimum atomic E-state index is -0.192. The monoisotopic (exact) mass is 373 g/mol. The van der Waals surface area contributed by atoms with Crippen molar-refractivity contribution in [1.82, 2.24) is 15.5 Å². The molecule has 5 heteroatoms. The summed E-state index contributed by atoms with van der Waals surface area (Å²) in [6.07, 6.45) is 5.49. The Morgan fingerprint density at radius 2 is 1.59 bits per heavy atom. The smallest absolute Gasteiger partial charge is 0.229 e. The first-order valence-corrected chi connectivity index (χ1v) is 10.4. The third-order valence-electron chi connectivity index (χ3n) is 5.36. The largest absolute Gasteiger partial charge is 0.356 e. The van der Waals surface area contributed by atoms with Crippen molar-refractivity contribution in [3.8, 4) is 0 Å². The van der Waals surface area contributed by atoms with E-state index >= 15 is 0 Å². The van der Waals surface area contributed by atoms with Gasteiger partial charge in [0.25, 0.3) is 0 Å². The Balaban J connectivity index is 1.91. The van der Waals surface area contributed by atoms with Gasteiger partial charge in [0.2, 0.25) is 11.8 Å². The van der Waals surface area contributed by atoms with Crippen LogP contribution >= 0.6 is 0 Å². The molecule has 2 amide bonds. The Kier molecular flexibility index (Phi) is 9.32. The Morgan fingerprint density at radius 3 is 2.30 bits per heavy atom. The molecule has 2 N–H and O–H groups in total. The normalized spacial score (nSPS) is 19.6. The zero-order valence-electron chi connectivity index (χ0n) is 16.9. The summed E-state index contributed by atoms with van der Waals surface area (Å²) in [6.45, 7) is 8.47. The topological polar surface area (TPSA) is 61.4 Å². The quantitative estimate of drug-likeness (QED) is 0.797. The van der Waals surface area contributed by atoms with E-state index in [1.807, 2.05) is 0 Å². The molecule has 1 fully saturated rings. The number of benzene rings is 1. The Morgan fingerprint density at radius 1 is 0.926 bits per heavy atom. The number of carbonyl (C=O) groups is 2. The average Bonchev–Trinajstić information content (AvgIpc) is 2.66. The van der Waals surface area contributed by atoms with E-state index in [2.05, 4.69) is 53.6 Å². The molecule has 1 atom stereocenters. The highest BCUT2D eigenvalue weighted by Gasteiger charge is 2.12. The predicted molar refractivity (Wildman–Crippen MR) is 110 cm³/mol. The number of amides is 2. The summed E-state index contributed by atoms with van der Waals surface area (Å²) < 4.78 is 0. The first-order chi connectivity index (χ1) is 13.1. The molecule has 0 spiro atoms. The van der Waals surface area contributed by atoms with Gasteiger partial charge in [-0.1, -0.05) is 51.0 Å². The third-order valence-corrected chi connectivity index (χ3v) is 5.36. The van der Waals surface area contributed by atoms with E-state index in [0.29, 0.717) is 19.0 Å². The molecule has 1 aromatic carbocycles. The fraction of sp³-hybridized carbons (Fsp3) is 0.636. The highest BCUT2D eigenvalue weighted by atomic mass is 16.2. The number of hydrogen-bond acceptors (Lipinski definition) is 3. The van der Waals surface area contributed by atoms with Crippen LogP contribution in [0.5, 0.6) is 0 Å². The van der Waals surface area contributed by atoms with E-state index < -0.39 is 0 Å². The van der Waals surface area contributed by atoms with E-state index in [1.54, 1.807) is 0 Å². The van der Waals surface area contributed by atoms with Crippen LogP contribution in [0.25, 0.3) is 0 Å². The Labute approximate surface area is 163 Å². The number of hydrogen-bond donors (Lipinski definition) is 2. The van der Waals surface area contributed by atoms with E-state index in [-0.39, 0.29) is 18.2 Å². The van der Waals surface area contributed by atoms with Gasteiger partial charge in [0.05, 0.1) is 0 Å². The molecule has 27 heavy (non-hydrogen) atoms. The summed E-state index contributed by atoms with van der Waals surface area (Å²) in [6, 6.07) is 8.95. The average molecular weight is 374 g/mol. The number of nitrogens with one attached hydrogen (secondary N) is 2. The van der Waals surface area contributed by atoms with Crippen LogP contribution in [-0.4, -0.2) is 42.9 Å². The Hall–Kier alpha value is -1.88. The minimum Gasteiger partial charge on any atom is -0.356 e.